The maximum atomic E-state index is 11.2. The topological polar surface area (TPSA) is 76.5 Å². The molecule has 16 heavy (non-hydrogen) atoms. The zero-order chi connectivity index (χ0) is 12.1. The van der Waals surface area contributed by atoms with E-state index in [1.54, 1.807) is 18.5 Å². The van der Waals surface area contributed by atoms with Gasteiger partial charge in [0.1, 0.15) is 0 Å². The van der Waals surface area contributed by atoms with Crippen LogP contribution in [0.25, 0.3) is 0 Å². The number of esters is 1. The number of carboxylic acid groups (broad SMARTS) is 1. The van der Waals surface area contributed by atoms with Crippen LogP contribution >= 0.6 is 0 Å². The second kappa shape index (κ2) is 5.25. The second-order valence-electron chi connectivity index (χ2n) is 3.49. The van der Waals surface area contributed by atoms with Gasteiger partial charge in [0.2, 0.25) is 0 Å². The van der Waals surface area contributed by atoms with Gasteiger partial charge < -0.3 is 9.84 Å². The molecule has 86 valence electrons. The monoisotopic (exact) mass is 223 g/mol. The maximum Gasteiger partial charge on any atom is 0.320 e. The summed E-state index contributed by atoms with van der Waals surface area (Å²) in [7, 11) is 1.17. The Morgan fingerprint density at radius 3 is 2.69 bits per heavy atom. The molecule has 0 saturated heterocycles. The number of hydrogen-bond donors (Lipinski definition) is 1. The molecular formula is C11H13NO4. The fraction of sp³-hybridized carbons (Fsp3) is 0.364. The molecule has 1 aromatic rings. The number of nitrogens with zero attached hydrogens (tertiary/aromatic N) is 1. The third kappa shape index (κ3) is 3.05. The van der Waals surface area contributed by atoms with Crippen LogP contribution in [0.15, 0.2) is 18.5 Å². The van der Waals surface area contributed by atoms with E-state index in [0.29, 0.717) is 5.56 Å². The highest BCUT2D eigenvalue weighted by Gasteiger charge is 2.27. The average Bonchev–Trinajstić information content (AvgIpc) is 2.24. The van der Waals surface area contributed by atoms with Crippen molar-refractivity contribution in [3.63, 3.8) is 0 Å². The molecule has 1 rings (SSSR count). The van der Waals surface area contributed by atoms with E-state index in [1.165, 1.54) is 7.11 Å². The van der Waals surface area contributed by atoms with Crippen LogP contribution in [0.4, 0.5) is 0 Å². The quantitative estimate of drug-likeness (QED) is 0.603. The summed E-state index contributed by atoms with van der Waals surface area (Å²) in [6, 6.07) is 1.80. The molecule has 5 heteroatoms. The van der Waals surface area contributed by atoms with Crippen LogP contribution in [0.2, 0.25) is 0 Å². The number of methoxy groups -OCH3 is 1. The van der Waals surface area contributed by atoms with E-state index in [4.69, 9.17) is 5.11 Å². The number of carboxylic acids is 1. The normalized spacial score (nSPS) is 11.9. The lowest BCUT2D eigenvalue weighted by Gasteiger charge is -2.09. The van der Waals surface area contributed by atoms with Crippen LogP contribution in [-0.2, 0) is 20.7 Å². The Labute approximate surface area is 93.1 Å². The van der Waals surface area contributed by atoms with Crippen molar-refractivity contribution in [2.24, 2.45) is 5.92 Å². The van der Waals surface area contributed by atoms with E-state index >= 15 is 0 Å². The largest absolute Gasteiger partial charge is 0.481 e. The number of aromatic nitrogens is 1. The first-order chi connectivity index (χ1) is 7.54. The fourth-order valence-corrected chi connectivity index (χ4v) is 1.38. The third-order valence-electron chi connectivity index (χ3n) is 2.16. The molecule has 0 aliphatic rings. The number of aliphatic carboxylic acids is 1. The molecule has 1 N–H and O–H groups in total. The van der Waals surface area contributed by atoms with Crippen LogP contribution < -0.4 is 0 Å². The van der Waals surface area contributed by atoms with Gasteiger partial charge in [0.05, 0.1) is 7.11 Å². The first kappa shape index (κ1) is 12.2. The van der Waals surface area contributed by atoms with Gasteiger partial charge in [-0.2, -0.15) is 0 Å². The number of hydrogen-bond acceptors (Lipinski definition) is 4. The summed E-state index contributed by atoms with van der Waals surface area (Å²) in [5.74, 6) is -3.10. The summed E-state index contributed by atoms with van der Waals surface area (Å²) >= 11 is 0. The Kier molecular flexibility index (Phi) is 3.99. The highest BCUT2D eigenvalue weighted by Crippen LogP contribution is 2.11. The molecule has 0 aromatic carbocycles. The highest BCUT2D eigenvalue weighted by atomic mass is 16.5. The molecule has 0 aliphatic heterocycles. The molecule has 1 unspecified atom stereocenters. The minimum absolute atomic E-state index is 0.0939. The summed E-state index contributed by atoms with van der Waals surface area (Å²) in [4.78, 5) is 26.0. The van der Waals surface area contributed by atoms with Gasteiger partial charge in [-0.05, 0) is 24.5 Å². The predicted octanol–water partition coefficient (Wildman–Crippen LogP) is 0.806. The van der Waals surface area contributed by atoms with Crippen molar-refractivity contribution in [1.82, 2.24) is 4.98 Å². The number of carbonyl (C=O) groups is 2. The smallest absolute Gasteiger partial charge is 0.320 e. The predicted molar refractivity (Wildman–Crippen MR) is 55.8 cm³/mol. The van der Waals surface area contributed by atoms with Gasteiger partial charge in [-0.3, -0.25) is 14.6 Å². The molecule has 0 saturated carbocycles. The van der Waals surface area contributed by atoms with E-state index in [0.717, 1.165) is 5.56 Å². The first-order valence-corrected chi connectivity index (χ1v) is 4.75. The van der Waals surface area contributed by atoms with Gasteiger partial charge in [0.15, 0.2) is 5.92 Å². The number of rotatable bonds is 4. The van der Waals surface area contributed by atoms with E-state index < -0.39 is 17.9 Å². The van der Waals surface area contributed by atoms with Crippen LogP contribution in [0.5, 0.6) is 0 Å². The molecule has 0 amide bonds. The average molecular weight is 223 g/mol. The minimum Gasteiger partial charge on any atom is -0.481 e. The number of pyridine rings is 1. The van der Waals surface area contributed by atoms with Gasteiger partial charge >= 0.3 is 11.9 Å². The first-order valence-electron chi connectivity index (χ1n) is 4.75. The molecule has 0 aliphatic carbocycles. The van der Waals surface area contributed by atoms with E-state index in [-0.39, 0.29) is 6.42 Å². The molecule has 0 fully saturated rings. The van der Waals surface area contributed by atoms with Crippen molar-refractivity contribution < 1.29 is 19.4 Å². The fourth-order valence-electron chi connectivity index (χ4n) is 1.38. The Bertz CT molecular complexity index is 403. The molecule has 1 aromatic heterocycles. The molecule has 1 atom stereocenters. The number of aryl methyl sites for hydroxylation is 1. The van der Waals surface area contributed by atoms with Crippen LogP contribution in [0.1, 0.15) is 11.1 Å². The second-order valence-corrected chi connectivity index (χ2v) is 3.49. The van der Waals surface area contributed by atoms with E-state index in [2.05, 4.69) is 9.72 Å². The summed E-state index contributed by atoms with van der Waals surface area (Å²) in [6.07, 6.45) is 3.31. The molecular weight excluding hydrogens is 210 g/mol. The summed E-state index contributed by atoms with van der Waals surface area (Å²) in [5.41, 5.74) is 1.63. The Morgan fingerprint density at radius 2 is 2.19 bits per heavy atom. The van der Waals surface area contributed by atoms with Gasteiger partial charge in [-0.15, -0.1) is 0 Å². The van der Waals surface area contributed by atoms with Crippen molar-refractivity contribution in [1.29, 1.82) is 0 Å². The molecule has 0 bridgehead atoms. The summed E-state index contributed by atoms with van der Waals surface area (Å²) in [6.45, 7) is 1.85. The Hall–Kier alpha value is -1.91. The lowest BCUT2D eigenvalue weighted by molar-refractivity contribution is -0.156. The van der Waals surface area contributed by atoms with Gasteiger partial charge in [0, 0.05) is 12.4 Å². The van der Waals surface area contributed by atoms with Gasteiger partial charge in [-0.25, -0.2) is 0 Å². The van der Waals surface area contributed by atoms with Crippen molar-refractivity contribution in [2.45, 2.75) is 13.3 Å². The number of carbonyl (C=O) groups excluding carboxylic acids is 1. The van der Waals surface area contributed by atoms with Crippen molar-refractivity contribution in [2.75, 3.05) is 7.11 Å². The van der Waals surface area contributed by atoms with Gasteiger partial charge in [-0.1, -0.05) is 6.07 Å². The maximum absolute atomic E-state index is 11.2. The van der Waals surface area contributed by atoms with Gasteiger partial charge in [0.25, 0.3) is 0 Å². The van der Waals surface area contributed by atoms with Crippen molar-refractivity contribution in [3.05, 3.63) is 29.6 Å². The van der Waals surface area contributed by atoms with Crippen LogP contribution in [0, 0.1) is 12.8 Å². The highest BCUT2D eigenvalue weighted by molar-refractivity contribution is 5.94. The zero-order valence-corrected chi connectivity index (χ0v) is 9.14. The van der Waals surface area contributed by atoms with Crippen LogP contribution in [-0.4, -0.2) is 29.1 Å². The van der Waals surface area contributed by atoms with E-state index in [1.807, 2.05) is 6.92 Å². The lowest BCUT2D eigenvalue weighted by Crippen LogP contribution is -2.27. The molecule has 0 spiro atoms. The minimum atomic E-state index is -1.19. The zero-order valence-electron chi connectivity index (χ0n) is 9.14. The molecule has 5 nitrogen and oxygen atoms in total. The Morgan fingerprint density at radius 1 is 1.50 bits per heavy atom. The SMILES string of the molecule is COC(=O)C(Cc1cncc(C)c1)C(=O)O. The van der Waals surface area contributed by atoms with Crippen molar-refractivity contribution >= 4 is 11.9 Å². The van der Waals surface area contributed by atoms with Crippen molar-refractivity contribution in [3.8, 4) is 0 Å². The third-order valence-corrected chi connectivity index (χ3v) is 2.16. The number of ether oxygens (including phenoxy) is 1. The summed E-state index contributed by atoms with van der Waals surface area (Å²) in [5, 5.41) is 8.88. The lowest BCUT2D eigenvalue weighted by atomic mass is 10.0. The summed E-state index contributed by atoms with van der Waals surface area (Å²) < 4.78 is 4.44. The standard InChI is InChI=1S/C11H13NO4/c1-7-3-8(6-12-5-7)4-9(10(13)14)11(15)16-2/h3,5-6,9H,4H2,1-2H3,(H,13,14). The molecule has 1 heterocycles. The molecule has 0 radical (unpaired) electrons. The van der Waals surface area contributed by atoms with Crippen LogP contribution in [0.3, 0.4) is 0 Å². The Balaban J connectivity index is 2.84. The van der Waals surface area contributed by atoms with E-state index in [9.17, 15) is 9.59 Å².